The molecule has 2 aromatic carbocycles. The van der Waals surface area contributed by atoms with Crippen LogP contribution in [0, 0.1) is 0 Å². The summed E-state index contributed by atoms with van der Waals surface area (Å²) in [7, 11) is 2.22. The van der Waals surface area contributed by atoms with E-state index in [-0.39, 0.29) is 0 Å². The topological polar surface area (TPSA) is 77.8 Å². The lowest BCUT2D eigenvalue weighted by Gasteiger charge is -2.27. The summed E-state index contributed by atoms with van der Waals surface area (Å²) in [6, 6.07) is 19.9. The van der Waals surface area contributed by atoms with Gasteiger partial charge in [-0.1, -0.05) is 60.2 Å². The van der Waals surface area contributed by atoms with Gasteiger partial charge in [0.2, 0.25) is 0 Å². The van der Waals surface area contributed by atoms with Gasteiger partial charge >= 0.3 is 11.9 Å². The maximum atomic E-state index is 9.43. The van der Waals surface area contributed by atoms with Crippen LogP contribution in [0.5, 0.6) is 0 Å². The van der Waals surface area contributed by atoms with Crippen LogP contribution < -0.4 is 0 Å². The molecule has 1 unspecified atom stereocenters. The fourth-order valence-corrected chi connectivity index (χ4v) is 3.86. The minimum absolute atomic E-state index is 0.482. The summed E-state index contributed by atoms with van der Waals surface area (Å²) in [4.78, 5) is 21.3. The van der Waals surface area contributed by atoms with Crippen LogP contribution in [-0.4, -0.2) is 47.2 Å². The number of likely N-dealkylation sites (N-methyl/N-ethyl adjacent to an activating group) is 1. The van der Waals surface area contributed by atoms with E-state index < -0.39 is 18.4 Å². The molecule has 2 aliphatic rings. The zero-order valence-electron chi connectivity index (χ0n) is 15.3. The zero-order chi connectivity index (χ0) is 19.4. The molecule has 2 N–H and O–H groups in total. The number of nitrogens with zero attached hydrogens (tertiary/aromatic N) is 1. The summed E-state index contributed by atoms with van der Waals surface area (Å²) in [6.45, 7) is 2.27. The number of carboxylic acids is 2. The summed E-state index contributed by atoms with van der Waals surface area (Å²) >= 11 is 0. The van der Waals surface area contributed by atoms with E-state index in [1.807, 2.05) is 0 Å². The van der Waals surface area contributed by atoms with Crippen LogP contribution in [0.2, 0.25) is 0 Å². The molecule has 0 bridgehead atoms. The maximum absolute atomic E-state index is 9.43. The molecule has 27 heavy (non-hydrogen) atoms. The van der Waals surface area contributed by atoms with Crippen LogP contribution in [0.15, 0.2) is 60.2 Å². The van der Waals surface area contributed by atoms with Crippen molar-refractivity contribution in [1.82, 2.24) is 4.90 Å². The monoisotopic (exact) mass is 365 g/mol. The van der Waals surface area contributed by atoms with Crippen molar-refractivity contribution in [2.45, 2.75) is 18.8 Å². The van der Waals surface area contributed by atoms with Gasteiger partial charge < -0.3 is 15.1 Å². The molecular weight excluding hydrogens is 342 g/mol. The quantitative estimate of drug-likeness (QED) is 0.815. The van der Waals surface area contributed by atoms with E-state index in [0.717, 1.165) is 6.54 Å². The Kier molecular flexibility index (Phi) is 5.72. The third kappa shape index (κ3) is 4.26. The maximum Gasteiger partial charge on any atom is 0.314 e. The lowest BCUT2D eigenvalue weighted by molar-refractivity contribution is -0.147. The number of aliphatic carboxylic acids is 2. The summed E-state index contributed by atoms with van der Waals surface area (Å²) in [5.74, 6) is -2.14. The van der Waals surface area contributed by atoms with Crippen molar-refractivity contribution in [2.75, 3.05) is 20.1 Å². The van der Waals surface area contributed by atoms with Crippen LogP contribution in [-0.2, 0) is 9.59 Å². The Hall–Kier alpha value is -2.92. The zero-order valence-corrected chi connectivity index (χ0v) is 15.3. The number of rotatable bonds is 3. The van der Waals surface area contributed by atoms with Crippen LogP contribution in [0.3, 0.4) is 0 Å². The van der Waals surface area contributed by atoms with Gasteiger partial charge in [-0.3, -0.25) is 9.59 Å². The minimum Gasteiger partial charge on any atom is -0.481 e. The first-order valence-corrected chi connectivity index (χ1v) is 8.95. The van der Waals surface area contributed by atoms with Gasteiger partial charge in [-0.15, -0.1) is 0 Å². The highest BCUT2D eigenvalue weighted by Gasteiger charge is 2.34. The van der Waals surface area contributed by atoms with Crippen molar-refractivity contribution >= 4 is 17.5 Å². The Morgan fingerprint density at radius 1 is 1.00 bits per heavy atom. The summed E-state index contributed by atoms with van der Waals surface area (Å²) < 4.78 is 0. The molecule has 1 aliphatic carbocycles. The molecule has 1 aliphatic heterocycles. The van der Waals surface area contributed by atoms with Gasteiger partial charge in [0.25, 0.3) is 0 Å². The SMILES string of the molecule is CN1CCC2=C(C1)c1ccccc1C2c1ccccc1.O=C(O)CC(=O)O. The largest absolute Gasteiger partial charge is 0.481 e. The Balaban J connectivity index is 0.000000260. The van der Waals surface area contributed by atoms with E-state index >= 15 is 0 Å². The molecule has 0 saturated carbocycles. The summed E-state index contributed by atoms with van der Waals surface area (Å²) in [5, 5.41) is 15.4. The van der Waals surface area contributed by atoms with E-state index in [1.165, 1.54) is 29.7 Å². The Morgan fingerprint density at radius 2 is 1.63 bits per heavy atom. The van der Waals surface area contributed by atoms with Gasteiger partial charge in [0.15, 0.2) is 0 Å². The van der Waals surface area contributed by atoms with E-state index in [2.05, 4.69) is 66.5 Å². The molecule has 0 spiro atoms. The second-order valence-corrected chi connectivity index (χ2v) is 6.89. The van der Waals surface area contributed by atoms with E-state index in [4.69, 9.17) is 10.2 Å². The van der Waals surface area contributed by atoms with E-state index in [9.17, 15) is 9.59 Å². The number of hydrogen-bond acceptors (Lipinski definition) is 3. The predicted molar refractivity (Wildman–Crippen MR) is 104 cm³/mol. The fraction of sp³-hybridized carbons (Fsp3) is 0.273. The fourth-order valence-electron chi connectivity index (χ4n) is 3.86. The first kappa shape index (κ1) is 18.9. The second kappa shape index (κ2) is 8.18. The molecule has 0 radical (unpaired) electrons. The molecule has 1 heterocycles. The van der Waals surface area contributed by atoms with Crippen LogP contribution in [0.4, 0.5) is 0 Å². The van der Waals surface area contributed by atoms with Crippen molar-refractivity contribution in [3.05, 3.63) is 76.9 Å². The summed E-state index contributed by atoms with van der Waals surface area (Å²) in [6.07, 6.45) is 0.389. The first-order valence-electron chi connectivity index (χ1n) is 8.95. The third-order valence-corrected chi connectivity index (χ3v) is 4.96. The van der Waals surface area contributed by atoms with Gasteiger partial charge in [-0.25, -0.2) is 0 Å². The second-order valence-electron chi connectivity index (χ2n) is 6.89. The molecule has 140 valence electrons. The first-order chi connectivity index (χ1) is 13.0. The van der Waals surface area contributed by atoms with Gasteiger partial charge in [0, 0.05) is 19.0 Å². The van der Waals surface area contributed by atoms with Crippen molar-refractivity contribution in [3.63, 3.8) is 0 Å². The highest BCUT2D eigenvalue weighted by atomic mass is 16.4. The van der Waals surface area contributed by atoms with Gasteiger partial charge in [-0.05, 0) is 35.7 Å². The number of carboxylic acid groups (broad SMARTS) is 2. The van der Waals surface area contributed by atoms with Gasteiger partial charge in [0.1, 0.15) is 6.42 Å². The normalized spacial score (nSPS) is 18.2. The molecule has 2 aromatic rings. The lowest BCUT2D eigenvalue weighted by Crippen LogP contribution is -2.26. The average molecular weight is 365 g/mol. The number of carbonyl (C=O) groups is 2. The molecule has 0 amide bonds. The summed E-state index contributed by atoms with van der Waals surface area (Å²) in [5.41, 5.74) is 7.63. The average Bonchev–Trinajstić information content (AvgIpc) is 2.95. The molecule has 0 fully saturated rings. The smallest absolute Gasteiger partial charge is 0.314 e. The third-order valence-electron chi connectivity index (χ3n) is 4.96. The van der Waals surface area contributed by atoms with Crippen molar-refractivity contribution in [2.24, 2.45) is 0 Å². The predicted octanol–water partition coefficient (Wildman–Crippen LogP) is 3.47. The standard InChI is InChI=1S/C19H19N.C3H4O4/c1-20-12-11-17-18(13-20)15-9-5-6-10-16(15)19(17)14-7-3-2-4-8-14;4-2(5)1-3(6)7/h2-10,19H,11-13H2,1H3;1H2,(H,4,5)(H,6,7). The number of fused-ring (bicyclic) bond motifs is 2. The minimum atomic E-state index is -1.31. The Labute approximate surface area is 158 Å². The van der Waals surface area contributed by atoms with Crippen LogP contribution in [0.25, 0.3) is 5.57 Å². The molecular formula is C22H23NO4. The Bertz CT molecular complexity index is 861. The Morgan fingerprint density at radius 3 is 2.26 bits per heavy atom. The molecule has 4 rings (SSSR count). The number of benzene rings is 2. The number of hydrogen-bond donors (Lipinski definition) is 2. The lowest BCUT2D eigenvalue weighted by atomic mass is 9.86. The van der Waals surface area contributed by atoms with E-state index in [1.54, 1.807) is 11.1 Å². The molecule has 5 nitrogen and oxygen atoms in total. The molecule has 0 aromatic heterocycles. The van der Waals surface area contributed by atoms with E-state index in [0.29, 0.717) is 5.92 Å². The van der Waals surface area contributed by atoms with Crippen molar-refractivity contribution in [1.29, 1.82) is 0 Å². The molecule has 0 saturated heterocycles. The van der Waals surface area contributed by atoms with Crippen LogP contribution >= 0.6 is 0 Å². The molecule has 5 heteroatoms. The molecule has 1 atom stereocenters. The van der Waals surface area contributed by atoms with Crippen molar-refractivity contribution in [3.8, 4) is 0 Å². The van der Waals surface area contributed by atoms with Gasteiger partial charge in [0.05, 0.1) is 0 Å². The van der Waals surface area contributed by atoms with Gasteiger partial charge in [-0.2, -0.15) is 0 Å². The highest BCUT2D eigenvalue weighted by molar-refractivity contribution is 5.88. The highest BCUT2D eigenvalue weighted by Crippen LogP contribution is 2.48. The van der Waals surface area contributed by atoms with Crippen LogP contribution in [0.1, 0.15) is 35.4 Å². The van der Waals surface area contributed by atoms with Crippen molar-refractivity contribution < 1.29 is 19.8 Å².